The number of halogens is 1. The van der Waals surface area contributed by atoms with Crippen LogP contribution in [0.3, 0.4) is 0 Å². The van der Waals surface area contributed by atoms with Gasteiger partial charge in [0.1, 0.15) is 17.3 Å². The van der Waals surface area contributed by atoms with Crippen molar-refractivity contribution in [2.45, 2.75) is 11.3 Å². The molecule has 0 fully saturated rings. The molecule has 24 heavy (non-hydrogen) atoms. The number of thioether (sulfide) groups is 1. The molecule has 1 aromatic heterocycles. The maximum Gasteiger partial charge on any atom is 0.214 e. The Hall–Kier alpha value is -2.45. The van der Waals surface area contributed by atoms with E-state index in [2.05, 4.69) is 15.5 Å². The van der Waals surface area contributed by atoms with E-state index in [1.807, 2.05) is 18.2 Å². The summed E-state index contributed by atoms with van der Waals surface area (Å²) in [7, 11) is 1.57. The Bertz CT molecular complexity index is 827. The Morgan fingerprint density at radius 1 is 1.21 bits per heavy atom. The molecule has 3 rings (SSSR count). The first kappa shape index (κ1) is 16.4. The molecule has 0 aliphatic carbocycles. The van der Waals surface area contributed by atoms with Crippen LogP contribution < -0.4 is 4.74 Å². The third kappa shape index (κ3) is 3.39. The third-order valence-electron chi connectivity index (χ3n) is 3.39. The maximum atomic E-state index is 13.7. The van der Waals surface area contributed by atoms with Gasteiger partial charge < -0.3 is 9.84 Å². The van der Waals surface area contributed by atoms with E-state index in [0.717, 1.165) is 0 Å². The van der Waals surface area contributed by atoms with Crippen molar-refractivity contribution in [2.24, 2.45) is 0 Å². The van der Waals surface area contributed by atoms with E-state index in [-0.39, 0.29) is 11.3 Å². The number of nitrogens with zero attached hydrogens (tertiary/aromatic N) is 4. The molecule has 1 N–H and O–H groups in total. The van der Waals surface area contributed by atoms with Crippen LogP contribution in [0.2, 0.25) is 0 Å². The summed E-state index contributed by atoms with van der Waals surface area (Å²) in [4.78, 5) is 0. The van der Waals surface area contributed by atoms with Gasteiger partial charge in [0.25, 0.3) is 0 Å². The number of rotatable bonds is 6. The second-order valence-corrected chi connectivity index (χ2v) is 5.88. The van der Waals surface area contributed by atoms with Crippen molar-refractivity contribution in [3.05, 3.63) is 59.9 Å². The lowest BCUT2D eigenvalue weighted by molar-refractivity contribution is 0.199. The van der Waals surface area contributed by atoms with E-state index in [1.165, 1.54) is 22.5 Å². The average Bonchev–Trinajstić information content (AvgIpc) is 3.08. The molecule has 6 nitrogen and oxygen atoms in total. The minimum absolute atomic E-state index is 0.219. The average molecular weight is 346 g/mol. The van der Waals surface area contributed by atoms with Gasteiger partial charge in [-0.15, -0.1) is 5.10 Å². The number of methoxy groups -OCH3 is 1. The number of benzene rings is 2. The molecule has 0 aliphatic heterocycles. The highest BCUT2D eigenvalue weighted by Gasteiger charge is 2.17. The van der Waals surface area contributed by atoms with Gasteiger partial charge in [-0.05, 0) is 28.6 Å². The van der Waals surface area contributed by atoms with Crippen LogP contribution in [0.1, 0.15) is 11.7 Å². The lowest BCUT2D eigenvalue weighted by atomic mass is 10.1. The monoisotopic (exact) mass is 346 g/mol. The van der Waals surface area contributed by atoms with Gasteiger partial charge in [0.15, 0.2) is 0 Å². The van der Waals surface area contributed by atoms with E-state index >= 15 is 0 Å². The summed E-state index contributed by atoms with van der Waals surface area (Å²) in [5, 5.41) is 22.3. The Kier molecular flexibility index (Phi) is 5.07. The molecule has 0 saturated carbocycles. The van der Waals surface area contributed by atoms with Crippen molar-refractivity contribution in [1.29, 1.82) is 0 Å². The molecule has 0 radical (unpaired) electrons. The number of aliphatic hydroxyl groups excluding tert-OH is 1. The lowest BCUT2D eigenvalue weighted by Crippen LogP contribution is -2.06. The van der Waals surface area contributed by atoms with Crippen molar-refractivity contribution >= 4 is 11.8 Å². The van der Waals surface area contributed by atoms with Crippen molar-refractivity contribution in [3.63, 3.8) is 0 Å². The van der Waals surface area contributed by atoms with Gasteiger partial charge in [-0.1, -0.05) is 42.1 Å². The molecule has 1 atom stereocenters. The fourth-order valence-corrected chi connectivity index (χ4v) is 3.05. The zero-order chi connectivity index (χ0) is 16.9. The molecule has 2 aromatic carbocycles. The molecule has 8 heteroatoms. The summed E-state index contributed by atoms with van der Waals surface area (Å²) < 4.78 is 20.6. The zero-order valence-electron chi connectivity index (χ0n) is 12.8. The van der Waals surface area contributed by atoms with E-state index in [0.29, 0.717) is 16.6 Å². The van der Waals surface area contributed by atoms with Crippen LogP contribution in [-0.2, 0) is 0 Å². The van der Waals surface area contributed by atoms with Crippen molar-refractivity contribution < 1.29 is 14.2 Å². The minimum atomic E-state index is -0.959. The molecular formula is C16H15FN4O2S. The van der Waals surface area contributed by atoms with Crippen molar-refractivity contribution in [1.82, 2.24) is 20.2 Å². The molecule has 1 unspecified atom stereocenters. The second kappa shape index (κ2) is 7.41. The SMILES string of the molecule is COc1ccccc1-n1nnnc1SCC(O)c1ccccc1F. The minimum Gasteiger partial charge on any atom is -0.494 e. The van der Waals surface area contributed by atoms with Crippen LogP contribution in [0.4, 0.5) is 4.39 Å². The van der Waals surface area contributed by atoms with Crippen LogP contribution in [-0.4, -0.2) is 38.2 Å². The zero-order valence-corrected chi connectivity index (χ0v) is 13.7. The van der Waals surface area contributed by atoms with Crippen LogP contribution in [0.15, 0.2) is 53.7 Å². The summed E-state index contributed by atoms with van der Waals surface area (Å²) in [5.74, 6) is 0.410. The summed E-state index contributed by atoms with van der Waals surface area (Å²) in [6.45, 7) is 0. The van der Waals surface area contributed by atoms with Crippen molar-refractivity contribution in [2.75, 3.05) is 12.9 Å². The highest BCUT2D eigenvalue weighted by Crippen LogP contribution is 2.28. The number of hydrogen-bond donors (Lipinski definition) is 1. The smallest absolute Gasteiger partial charge is 0.214 e. The summed E-state index contributed by atoms with van der Waals surface area (Å²) in [6, 6.07) is 13.5. The van der Waals surface area contributed by atoms with Crippen LogP contribution in [0.5, 0.6) is 5.75 Å². The second-order valence-electron chi connectivity index (χ2n) is 4.89. The first-order chi connectivity index (χ1) is 11.7. The van der Waals surface area contributed by atoms with Gasteiger partial charge in [0, 0.05) is 11.3 Å². The lowest BCUT2D eigenvalue weighted by Gasteiger charge is -2.12. The highest BCUT2D eigenvalue weighted by molar-refractivity contribution is 7.99. The largest absolute Gasteiger partial charge is 0.494 e. The highest BCUT2D eigenvalue weighted by atomic mass is 32.2. The molecule has 0 spiro atoms. The van der Waals surface area contributed by atoms with Gasteiger partial charge in [-0.25, -0.2) is 4.39 Å². The number of ether oxygens (including phenoxy) is 1. The van der Waals surface area contributed by atoms with Gasteiger partial charge >= 0.3 is 0 Å². The first-order valence-electron chi connectivity index (χ1n) is 7.17. The standard InChI is InChI=1S/C16H15FN4O2S/c1-23-15-9-5-4-8-13(15)21-16(18-19-20-21)24-10-14(22)11-6-2-3-7-12(11)17/h2-9,14,22H,10H2,1H3. The Morgan fingerprint density at radius 2 is 1.96 bits per heavy atom. The molecule has 1 heterocycles. The Morgan fingerprint density at radius 3 is 2.75 bits per heavy atom. The number of tetrazole rings is 1. The fraction of sp³-hybridized carbons (Fsp3) is 0.188. The molecule has 124 valence electrons. The van der Waals surface area contributed by atoms with Crippen molar-refractivity contribution in [3.8, 4) is 11.4 Å². The van der Waals surface area contributed by atoms with Crippen LogP contribution in [0, 0.1) is 5.82 Å². The normalized spacial score (nSPS) is 12.1. The predicted octanol–water partition coefficient (Wildman–Crippen LogP) is 2.64. The number of hydrogen-bond acceptors (Lipinski definition) is 6. The quantitative estimate of drug-likeness (QED) is 0.692. The summed E-state index contributed by atoms with van der Waals surface area (Å²) >= 11 is 1.23. The Labute approximate surface area is 142 Å². The molecule has 0 saturated heterocycles. The third-order valence-corrected chi connectivity index (χ3v) is 4.38. The molecule has 0 aliphatic rings. The van der Waals surface area contributed by atoms with E-state index in [9.17, 15) is 9.50 Å². The van der Waals surface area contributed by atoms with Gasteiger partial charge in [-0.3, -0.25) is 0 Å². The van der Waals surface area contributed by atoms with Gasteiger partial charge in [0.2, 0.25) is 5.16 Å². The molecule has 3 aromatic rings. The molecule has 0 amide bonds. The first-order valence-corrected chi connectivity index (χ1v) is 8.16. The fourth-order valence-electron chi connectivity index (χ4n) is 2.21. The summed E-state index contributed by atoms with van der Waals surface area (Å²) in [5.41, 5.74) is 0.939. The van der Waals surface area contributed by atoms with Gasteiger partial charge in [-0.2, -0.15) is 4.68 Å². The molecular weight excluding hydrogens is 331 g/mol. The van der Waals surface area contributed by atoms with E-state index in [4.69, 9.17) is 4.74 Å². The number of aliphatic hydroxyl groups is 1. The molecule has 0 bridgehead atoms. The van der Waals surface area contributed by atoms with E-state index in [1.54, 1.807) is 31.4 Å². The predicted molar refractivity (Wildman–Crippen MR) is 87.8 cm³/mol. The van der Waals surface area contributed by atoms with Crippen LogP contribution in [0.25, 0.3) is 5.69 Å². The number of para-hydroxylation sites is 2. The Balaban J connectivity index is 1.78. The van der Waals surface area contributed by atoms with E-state index < -0.39 is 11.9 Å². The van der Waals surface area contributed by atoms with Crippen LogP contribution >= 0.6 is 11.8 Å². The van der Waals surface area contributed by atoms with Gasteiger partial charge in [0.05, 0.1) is 13.2 Å². The topological polar surface area (TPSA) is 73.1 Å². The maximum absolute atomic E-state index is 13.7. The summed E-state index contributed by atoms with van der Waals surface area (Å²) in [6.07, 6.45) is -0.959. The number of aromatic nitrogens is 4.